The van der Waals surface area contributed by atoms with Crippen LogP contribution in [0.15, 0.2) is 42.0 Å². The molecule has 1 aromatic rings. The van der Waals surface area contributed by atoms with Crippen molar-refractivity contribution < 1.29 is 31.2 Å². The number of rotatable bonds is 4. The van der Waals surface area contributed by atoms with E-state index in [1.807, 2.05) is 0 Å². The molecule has 7 nitrogen and oxygen atoms in total. The van der Waals surface area contributed by atoms with Gasteiger partial charge >= 0.3 is 12.2 Å². The Morgan fingerprint density at radius 1 is 1.26 bits per heavy atom. The van der Waals surface area contributed by atoms with E-state index in [-0.39, 0.29) is 0 Å². The van der Waals surface area contributed by atoms with E-state index in [1.165, 1.54) is 13.0 Å². The molecule has 2 aliphatic rings. The van der Waals surface area contributed by atoms with Crippen molar-refractivity contribution in [2.45, 2.75) is 25.1 Å². The first kappa shape index (κ1) is 22.6. The summed E-state index contributed by atoms with van der Waals surface area (Å²) in [7, 11) is -3.78. The average molecular weight is 452 g/mol. The molecule has 1 radical (unpaired) electrons. The molecule has 0 bridgehead atoms. The Balaban J connectivity index is 2.18. The average Bonchev–Trinajstić information content (AvgIpc) is 2.88. The highest BCUT2D eigenvalue weighted by molar-refractivity contribution is 7.90. The number of nitrogens with zero attached hydrogens (tertiary/aromatic N) is 3. The summed E-state index contributed by atoms with van der Waals surface area (Å²) in [4.78, 5) is 27.9. The van der Waals surface area contributed by atoms with Crippen LogP contribution in [0, 0.1) is 17.8 Å². The number of halogens is 3. The number of hydrogen-bond donors (Lipinski definition) is 0. The molecule has 11 heteroatoms. The summed E-state index contributed by atoms with van der Waals surface area (Å²) >= 11 is 0. The zero-order chi connectivity index (χ0) is 23.2. The Labute approximate surface area is 177 Å². The number of hydrogen-bond acceptors (Lipinski definition) is 5. The fourth-order valence-electron chi connectivity index (χ4n) is 3.54. The van der Waals surface area contributed by atoms with Gasteiger partial charge in [0.05, 0.1) is 22.9 Å². The van der Waals surface area contributed by atoms with E-state index < -0.39 is 56.2 Å². The molecule has 1 fully saturated rings. The molecule has 163 valence electrons. The maximum Gasteiger partial charge on any atom is 0.417 e. The number of carbonyl (C=O) groups is 2. The van der Waals surface area contributed by atoms with E-state index in [2.05, 4.69) is 0 Å². The zero-order valence-corrected chi connectivity index (χ0v) is 17.3. The van der Waals surface area contributed by atoms with Gasteiger partial charge in [-0.05, 0) is 43.5 Å². The van der Waals surface area contributed by atoms with Gasteiger partial charge in [-0.2, -0.15) is 18.4 Å². The number of anilines is 1. The van der Waals surface area contributed by atoms with Crippen LogP contribution in [0.3, 0.4) is 0 Å². The number of urea groups is 1. The number of nitriles is 1. The molecule has 1 saturated heterocycles. The lowest BCUT2D eigenvalue weighted by molar-refractivity contribution is -0.137. The van der Waals surface area contributed by atoms with Crippen molar-refractivity contribution in [3.63, 3.8) is 0 Å². The molecule has 3 rings (SSSR count). The molecule has 0 spiro atoms. The Hall–Kier alpha value is -3.13. The summed E-state index contributed by atoms with van der Waals surface area (Å²) in [6, 6.07) is 2.81. The number of imide groups is 1. The van der Waals surface area contributed by atoms with E-state index >= 15 is 0 Å². The Kier molecular flexibility index (Phi) is 5.48. The summed E-state index contributed by atoms with van der Waals surface area (Å²) in [6.45, 7) is 1.36. The molecule has 31 heavy (non-hydrogen) atoms. The Morgan fingerprint density at radius 3 is 2.45 bits per heavy atom. The maximum absolute atomic E-state index is 13.4. The molecule has 1 heterocycles. The van der Waals surface area contributed by atoms with Crippen LogP contribution < -0.4 is 4.90 Å². The first-order valence-corrected chi connectivity index (χ1v) is 11.0. The highest BCUT2D eigenvalue weighted by Gasteiger charge is 2.57. The molecular formula is C20H17F3N3O4S. The monoisotopic (exact) mass is 452 g/mol. The number of sulfone groups is 1. The highest BCUT2D eigenvalue weighted by Crippen LogP contribution is 2.41. The van der Waals surface area contributed by atoms with Gasteiger partial charge in [0.25, 0.3) is 5.91 Å². The van der Waals surface area contributed by atoms with Crippen LogP contribution in [0.2, 0.25) is 0 Å². The van der Waals surface area contributed by atoms with E-state index in [0.717, 1.165) is 23.3 Å². The third kappa shape index (κ3) is 3.95. The second-order valence-electron chi connectivity index (χ2n) is 7.31. The van der Waals surface area contributed by atoms with Gasteiger partial charge in [-0.3, -0.25) is 9.69 Å². The SMILES string of the molecule is CC1(C2=CC[CH]C=C2)C(=O)N(c2ccc(C#N)c(C(F)(F)F)c2)C(=O)N1CS(C)(=O)=O. The van der Waals surface area contributed by atoms with Crippen molar-refractivity contribution in [2.75, 3.05) is 17.0 Å². The first-order valence-electron chi connectivity index (χ1n) is 8.96. The number of amides is 3. The van der Waals surface area contributed by atoms with Crippen LogP contribution >= 0.6 is 0 Å². The van der Waals surface area contributed by atoms with Gasteiger partial charge in [-0.15, -0.1) is 0 Å². The van der Waals surface area contributed by atoms with E-state index in [1.54, 1.807) is 24.6 Å². The summed E-state index contributed by atoms with van der Waals surface area (Å²) in [6.07, 6.45) is 3.04. The predicted molar refractivity (Wildman–Crippen MR) is 105 cm³/mol. The summed E-state index contributed by atoms with van der Waals surface area (Å²) < 4.78 is 64.1. The quantitative estimate of drug-likeness (QED) is 0.654. The molecule has 0 aromatic heterocycles. The van der Waals surface area contributed by atoms with Crippen LogP contribution in [0.4, 0.5) is 23.7 Å². The molecule has 0 N–H and O–H groups in total. The molecule has 1 aliphatic heterocycles. The predicted octanol–water partition coefficient (Wildman–Crippen LogP) is 3.20. The summed E-state index contributed by atoms with van der Waals surface area (Å²) in [5, 5.41) is 8.97. The summed E-state index contributed by atoms with van der Waals surface area (Å²) in [5.41, 5.74) is -3.76. The van der Waals surface area contributed by atoms with Crippen LogP contribution in [0.25, 0.3) is 0 Å². The van der Waals surface area contributed by atoms with Crippen LogP contribution in [0.1, 0.15) is 24.5 Å². The maximum atomic E-state index is 13.4. The standard InChI is InChI=1S/C20H17F3N3O4S/c1-19(14-6-4-3-5-7-14)17(27)26(18(28)25(19)12-31(2,29)30)15-9-8-13(11-24)16(10-15)20(21,22)23/h3-4,6-10H,5,12H2,1-2H3. The van der Waals surface area contributed by atoms with Crippen LogP contribution in [-0.2, 0) is 20.8 Å². The highest BCUT2D eigenvalue weighted by atomic mass is 32.2. The fraction of sp³-hybridized carbons (Fsp3) is 0.300. The minimum Gasteiger partial charge on any atom is -0.291 e. The van der Waals surface area contributed by atoms with Crippen LogP contribution in [0.5, 0.6) is 0 Å². The second-order valence-corrected chi connectivity index (χ2v) is 9.42. The van der Waals surface area contributed by atoms with Crippen molar-refractivity contribution in [3.05, 3.63) is 59.5 Å². The molecule has 3 amide bonds. The minimum atomic E-state index is -4.90. The van der Waals surface area contributed by atoms with Gasteiger partial charge in [0.1, 0.15) is 11.4 Å². The number of alkyl halides is 3. The smallest absolute Gasteiger partial charge is 0.291 e. The third-order valence-electron chi connectivity index (χ3n) is 5.08. The van der Waals surface area contributed by atoms with Gasteiger partial charge in [0.15, 0.2) is 9.84 Å². The Morgan fingerprint density at radius 2 is 1.94 bits per heavy atom. The zero-order valence-electron chi connectivity index (χ0n) is 16.5. The summed E-state index contributed by atoms with van der Waals surface area (Å²) in [5.74, 6) is -1.70. The van der Waals surface area contributed by atoms with Gasteiger partial charge in [-0.1, -0.05) is 18.2 Å². The lowest BCUT2D eigenvalue weighted by atomic mass is 9.86. The molecule has 1 atom stereocenters. The van der Waals surface area contributed by atoms with Crippen molar-refractivity contribution in [2.24, 2.45) is 0 Å². The normalized spacial score (nSPS) is 22.0. The largest absolute Gasteiger partial charge is 0.417 e. The molecule has 1 unspecified atom stereocenters. The van der Waals surface area contributed by atoms with Crippen LogP contribution in [-0.4, -0.2) is 42.9 Å². The number of allylic oxidation sites excluding steroid dienone is 2. The van der Waals surface area contributed by atoms with Gasteiger partial charge in [0.2, 0.25) is 0 Å². The van der Waals surface area contributed by atoms with Crippen molar-refractivity contribution in [3.8, 4) is 6.07 Å². The van der Waals surface area contributed by atoms with Crippen molar-refractivity contribution in [1.29, 1.82) is 5.26 Å². The van der Waals surface area contributed by atoms with Gasteiger partial charge in [-0.25, -0.2) is 18.1 Å². The second kappa shape index (κ2) is 7.53. The number of benzene rings is 1. The molecular weight excluding hydrogens is 435 g/mol. The van der Waals surface area contributed by atoms with E-state index in [9.17, 15) is 31.2 Å². The van der Waals surface area contributed by atoms with E-state index in [4.69, 9.17) is 5.26 Å². The first-order chi connectivity index (χ1) is 14.3. The topological polar surface area (TPSA) is 98.5 Å². The fourth-order valence-corrected chi connectivity index (χ4v) is 4.37. The van der Waals surface area contributed by atoms with Crippen molar-refractivity contribution >= 4 is 27.5 Å². The van der Waals surface area contributed by atoms with Gasteiger partial charge < -0.3 is 0 Å². The third-order valence-corrected chi connectivity index (χ3v) is 5.81. The van der Waals surface area contributed by atoms with Gasteiger partial charge in [0, 0.05) is 6.26 Å². The lowest BCUT2D eigenvalue weighted by Crippen LogP contribution is -2.50. The molecule has 0 saturated carbocycles. The lowest BCUT2D eigenvalue weighted by Gasteiger charge is -2.33. The van der Waals surface area contributed by atoms with Crippen molar-refractivity contribution in [1.82, 2.24) is 4.90 Å². The molecule has 1 aromatic carbocycles. The molecule has 1 aliphatic carbocycles. The Bertz CT molecular complexity index is 1170. The number of carbonyl (C=O) groups excluding carboxylic acids is 2. The van der Waals surface area contributed by atoms with E-state index in [0.29, 0.717) is 23.0 Å². The minimum absolute atomic E-state index is 0.351.